The average molecular weight is 178 g/mol. The highest BCUT2D eigenvalue weighted by molar-refractivity contribution is 6.15. The third kappa shape index (κ3) is 8.00. The van der Waals surface area contributed by atoms with Crippen molar-refractivity contribution in [3.63, 3.8) is 0 Å². The van der Waals surface area contributed by atoms with Gasteiger partial charge in [0, 0.05) is 13.2 Å². The molecule has 0 bridgehead atoms. The molecule has 1 atom stereocenters. The van der Waals surface area contributed by atoms with E-state index in [1.54, 1.807) is 0 Å². The molecular formula is C7H18O3Si. The number of hydrogen-bond acceptors (Lipinski definition) is 3. The van der Waals surface area contributed by atoms with Gasteiger partial charge in [0.25, 0.3) is 0 Å². The van der Waals surface area contributed by atoms with E-state index in [0.29, 0.717) is 12.5 Å². The summed E-state index contributed by atoms with van der Waals surface area (Å²) in [6.45, 7) is 3.07. The quantitative estimate of drug-likeness (QED) is 0.419. The molecule has 0 radical (unpaired) electrons. The zero-order chi connectivity index (χ0) is 8.53. The largest absolute Gasteiger partial charge is 0.415 e. The summed E-state index contributed by atoms with van der Waals surface area (Å²) in [5, 5.41) is 8.57. The molecule has 11 heavy (non-hydrogen) atoms. The summed E-state index contributed by atoms with van der Waals surface area (Å²) in [4.78, 5) is 8.41. The number of aliphatic hydroxyl groups is 1. The predicted octanol–water partition coefficient (Wildman–Crippen LogP) is -0.207. The minimum Gasteiger partial charge on any atom is -0.415 e. The van der Waals surface area contributed by atoms with Crippen molar-refractivity contribution >= 4 is 10.0 Å². The highest BCUT2D eigenvalue weighted by Gasteiger charge is 1.99. The van der Waals surface area contributed by atoms with Crippen molar-refractivity contribution in [1.29, 1.82) is 0 Å². The van der Waals surface area contributed by atoms with Gasteiger partial charge in [-0.05, 0) is 25.2 Å². The maximum atomic E-state index is 8.57. The van der Waals surface area contributed by atoms with Crippen LogP contribution in [-0.2, 0) is 4.43 Å². The van der Waals surface area contributed by atoms with Gasteiger partial charge in [0.15, 0.2) is 0 Å². The van der Waals surface area contributed by atoms with Crippen LogP contribution in [0.1, 0.15) is 26.2 Å². The van der Waals surface area contributed by atoms with Crippen LogP contribution in [0.3, 0.4) is 0 Å². The Bertz CT molecular complexity index is 80.1. The van der Waals surface area contributed by atoms with E-state index in [4.69, 9.17) is 14.3 Å². The third-order valence-corrected chi connectivity index (χ3v) is 2.17. The lowest BCUT2D eigenvalue weighted by Crippen LogP contribution is -2.03. The molecule has 1 unspecified atom stereocenters. The smallest absolute Gasteiger partial charge is 0.301 e. The SMILES string of the molecule is CC(CCO)CCCO[SiH2]O. The van der Waals surface area contributed by atoms with E-state index in [-0.39, 0.29) is 6.61 Å². The van der Waals surface area contributed by atoms with Crippen molar-refractivity contribution < 1.29 is 14.3 Å². The molecule has 0 aliphatic carbocycles. The fourth-order valence-electron chi connectivity index (χ4n) is 0.963. The zero-order valence-corrected chi connectivity index (χ0v) is 8.54. The zero-order valence-electron chi connectivity index (χ0n) is 7.12. The molecule has 0 spiro atoms. The predicted molar refractivity (Wildman–Crippen MR) is 46.8 cm³/mol. The Morgan fingerprint density at radius 1 is 1.45 bits per heavy atom. The first-order valence-electron chi connectivity index (χ1n) is 4.10. The fraction of sp³-hybridized carbons (Fsp3) is 1.00. The molecule has 0 saturated carbocycles. The molecule has 0 rings (SSSR count). The summed E-state index contributed by atoms with van der Waals surface area (Å²) in [7, 11) is -1.19. The summed E-state index contributed by atoms with van der Waals surface area (Å²) in [5.74, 6) is 0.573. The Morgan fingerprint density at radius 3 is 2.73 bits per heavy atom. The van der Waals surface area contributed by atoms with Crippen LogP contribution >= 0.6 is 0 Å². The normalized spacial score (nSPS) is 14.5. The first kappa shape index (κ1) is 11.1. The molecule has 0 amide bonds. The van der Waals surface area contributed by atoms with Gasteiger partial charge in [0.05, 0.1) is 0 Å². The first-order valence-corrected chi connectivity index (χ1v) is 5.31. The van der Waals surface area contributed by atoms with Crippen LogP contribution in [0.25, 0.3) is 0 Å². The molecule has 0 fully saturated rings. The molecule has 0 aromatic carbocycles. The molecule has 0 aromatic rings. The average Bonchev–Trinajstić information content (AvgIpc) is 1.99. The number of aliphatic hydroxyl groups excluding tert-OH is 1. The van der Waals surface area contributed by atoms with E-state index in [0.717, 1.165) is 19.3 Å². The van der Waals surface area contributed by atoms with Gasteiger partial charge >= 0.3 is 10.0 Å². The Kier molecular flexibility index (Phi) is 8.27. The Morgan fingerprint density at radius 2 is 2.18 bits per heavy atom. The fourth-order valence-corrected chi connectivity index (χ4v) is 1.30. The molecule has 0 aliphatic heterocycles. The van der Waals surface area contributed by atoms with Crippen LogP contribution in [0.5, 0.6) is 0 Å². The molecular weight excluding hydrogens is 160 g/mol. The maximum absolute atomic E-state index is 8.57. The Hall–Kier alpha value is 0.0969. The van der Waals surface area contributed by atoms with Gasteiger partial charge in [-0.3, -0.25) is 0 Å². The van der Waals surface area contributed by atoms with E-state index in [2.05, 4.69) is 6.92 Å². The summed E-state index contributed by atoms with van der Waals surface area (Å²) in [5.41, 5.74) is 0. The van der Waals surface area contributed by atoms with Gasteiger partial charge in [-0.25, -0.2) is 0 Å². The minimum atomic E-state index is -1.19. The lowest BCUT2D eigenvalue weighted by Gasteiger charge is -2.08. The second-order valence-electron chi connectivity index (χ2n) is 2.80. The summed E-state index contributed by atoms with van der Waals surface area (Å²) < 4.78 is 4.89. The molecule has 0 aromatic heterocycles. The molecule has 0 heterocycles. The van der Waals surface area contributed by atoms with Crippen molar-refractivity contribution in [2.45, 2.75) is 26.2 Å². The lowest BCUT2D eigenvalue weighted by molar-refractivity contribution is 0.239. The second-order valence-corrected chi connectivity index (χ2v) is 3.46. The van der Waals surface area contributed by atoms with Gasteiger partial charge in [0.1, 0.15) is 0 Å². The molecule has 0 aliphatic rings. The second kappa shape index (κ2) is 8.20. The Balaban J connectivity index is 2.97. The molecule has 2 N–H and O–H groups in total. The first-order chi connectivity index (χ1) is 5.31. The summed E-state index contributed by atoms with van der Waals surface area (Å²) in [6, 6.07) is 0. The van der Waals surface area contributed by atoms with E-state index >= 15 is 0 Å². The monoisotopic (exact) mass is 178 g/mol. The number of rotatable bonds is 7. The van der Waals surface area contributed by atoms with Gasteiger partial charge in [-0.2, -0.15) is 0 Å². The van der Waals surface area contributed by atoms with E-state index in [1.165, 1.54) is 0 Å². The summed E-state index contributed by atoms with van der Waals surface area (Å²) in [6.07, 6.45) is 2.94. The summed E-state index contributed by atoms with van der Waals surface area (Å²) >= 11 is 0. The third-order valence-electron chi connectivity index (χ3n) is 1.70. The van der Waals surface area contributed by atoms with E-state index < -0.39 is 10.0 Å². The van der Waals surface area contributed by atoms with Crippen molar-refractivity contribution in [2.75, 3.05) is 13.2 Å². The molecule has 68 valence electrons. The van der Waals surface area contributed by atoms with E-state index in [9.17, 15) is 0 Å². The number of hydrogen-bond donors (Lipinski definition) is 2. The highest BCUT2D eigenvalue weighted by atomic mass is 28.2. The van der Waals surface area contributed by atoms with Gasteiger partial charge in [-0.1, -0.05) is 6.92 Å². The van der Waals surface area contributed by atoms with Crippen LogP contribution in [-0.4, -0.2) is 33.1 Å². The Labute approximate surface area is 70.5 Å². The van der Waals surface area contributed by atoms with Crippen molar-refractivity contribution in [2.24, 2.45) is 5.92 Å². The van der Waals surface area contributed by atoms with E-state index in [1.807, 2.05) is 0 Å². The van der Waals surface area contributed by atoms with Crippen LogP contribution in [0.15, 0.2) is 0 Å². The van der Waals surface area contributed by atoms with Crippen LogP contribution in [0, 0.1) is 5.92 Å². The highest BCUT2D eigenvalue weighted by Crippen LogP contribution is 2.08. The van der Waals surface area contributed by atoms with Crippen LogP contribution < -0.4 is 0 Å². The van der Waals surface area contributed by atoms with Crippen LogP contribution in [0.4, 0.5) is 0 Å². The molecule has 3 nitrogen and oxygen atoms in total. The van der Waals surface area contributed by atoms with Gasteiger partial charge < -0.3 is 14.3 Å². The minimum absolute atomic E-state index is 0.275. The molecule has 0 saturated heterocycles. The molecule has 4 heteroatoms. The topological polar surface area (TPSA) is 49.7 Å². The van der Waals surface area contributed by atoms with Crippen LogP contribution in [0.2, 0.25) is 0 Å². The lowest BCUT2D eigenvalue weighted by atomic mass is 10.0. The van der Waals surface area contributed by atoms with Crippen molar-refractivity contribution in [3.05, 3.63) is 0 Å². The maximum Gasteiger partial charge on any atom is 0.301 e. The van der Waals surface area contributed by atoms with Crippen molar-refractivity contribution in [3.8, 4) is 0 Å². The van der Waals surface area contributed by atoms with Gasteiger partial charge in [-0.15, -0.1) is 0 Å². The standard InChI is InChI=1S/C7H18O3Si/c1-7(4-5-8)3-2-6-10-11-9/h7-9H,2-6,11H2,1H3. The van der Waals surface area contributed by atoms with Gasteiger partial charge in [0.2, 0.25) is 0 Å². The van der Waals surface area contributed by atoms with Crippen molar-refractivity contribution in [1.82, 2.24) is 0 Å².